The number of thiol groups is 1. The molecule has 1 aromatic carbocycles. The summed E-state index contributed by atoms with van der Waals surface area (Å²) in [5.74, 6) is 0.237. The quantitative estimate of drug-likeness (QED) is 0.825. The number of nitrogens with zero attached hydrogens (tertiary/aromatic N) is 1. The number of aliphatic hydroxyl groups is 1. The lowest BCUT2D eigenvalue weighted by Gasteiger charge is -2.33. The molecule has 19 heavy (non-hydrogen) atoms. The zero-order valence-corrected chi connectivity index (χ0v) is 12.5. The molecule has 0 bridgehead atoms. The van der Waals surface area contributed by atoms with E-state index in [0.717, 1.165) is 17.7 Å². The van der Waals surface area contributed by atoms with Gasteiger partial charge in [-0.15, -0.1) is 12.6 Å². The van der Waals surface area contributed by atoms with Crippen LogP contribution in [0.25, 0.3) is 0 Å². The SMILES string of the molecule is CC(O)C1CCN(C(=O)c2cc(S)ccc2Cl)CC1. The molecule has 1 N–H and O–H groups in total. The number of hydrogen-bond acceptors (Lipinski definition) is 3. The third-order valence-electron chi connectivity index (χ3n) is 3.69. The van der Waals surface area contributed by atoms with Crippen LogP contribution in [0, 0.1) is 5.92 Å². The molecule has 0 aliphatic carbocycles. The van der Waals surface area contributed by atoms with Crippen molar-refractivity contribution in [2.24, 2.45) is 5.92 Å². The highest BCUT2D eigenvalue weighted by molar-refractivity contribution is 7.80. The summed E-state index contributed by atoms with van der Waals surface area (Å²) in [4.78, 5) is 14.9. The number of hydrogen-bond donors (Lipinski definition) is 2. The van der Waals surface area contributed by atoms with Gasteiger partial charge in [-0.3, -0.25) is 4.79 Å². The Kier molecular flexibility index (Phi) is 4.76. The van der Waals surface area contributed by atoms with Crippen molar-refractivity contribution in [3.8, 4) is 0 Å². The number of carbonyl (C=O) groups is 1. The molecule has 1 aliphatic heterocycles. The minimum absolute atomic E-state index is 0.0510. The Balaban J connectivity index is 2.07. The first-order valence-corrected chi connectivity index (χ1v) is 7.27. The second-order valence-corrected chi connectivity index (χ2v) is 5.96. The first-order chi connectivity index (χ1) is 8.99. The summed E-state index contributed by atoms with van der Waals surface area (Å²) < 4.78 is 0. The van der Waals surface area contributed by atoms with E-state index in [-0.39, 0.29) is 17.9 Å². The molecule has 1 aromatic rings. The lowest BCUT2D eigenvalue weighted by molar-refractivity contribution is 0.0521. The van der Waals surface area contributed by atoms with E-state index in [1.165, 1.54) is 0 Å². The smallest absolute Gasteiger partial charge is 0.255 e. The fraction of sp³-hybridized carbons (Fsp3) is 0.500. The molecule has 2 rings (SSSR count). The zero-order chi connectivity index (χ0) is 14.0. The summed E-state index contributed by atoms with van der Waals surface area (Å²) in [6.45, 7) is 3.15. The van der Waals surface area contributed by atoms with Crippen LogP contribution in [0.3, 0.4) is 0 Å². The summed E-state index contributed by atoms with van der Waals surface area (Å²) in [6.07, 6.45) is 1.37. The van der Waals surface area contributed by atoms with E-state index in [0.29, 0.717) is 23.7 Å². The first kappa shape index (κ1) is 14.7. The van der Waals surface area contributed by atoms with Gasteiger partial charge in [0.15, 0.2) is 0 Å². The summed E-state index contributed by atoms with van der Waals surface area (Å²) in [5, 5.41) is 10.0. The number of benzene rings is 1. The van der Waals surface area contributed by atoms with Gasteiger partial charge >= 0.3 is 0 Å². The number of piperidine rings is 1. The zero-order valence-electron chi connectivity index (χ0n) is 10.8. The molecule has 3 nitrogen and oxygen atoms in total. The van der Waals surface area contributed by atoms with E-state index in [2.05, 4.69) is 12.6 Å². The monoisotopic (exact) mass is 299 g/mol. The molecule has 1 unspecified atom stereocenters. The highest BCUT2D eigenvalue weighted by Crippen LogP contribution is 2.25. The molecule has 0 aromatic heterocycles. The van der Waals surface area contributed by atoms with E-state index in [1.807, 2.05) is 6.92 Å². The Bertz CT molecular complexity index is 471. The molecule has 1 saturated heterocycles. The Labute approximate surface area is 124 Å². The molecule has 1 heterocycles. The highest BCUT2D eigenvalue weighted by Gasteiger charge is 2.26. The van der Waals surface area contributed by atoms with Crippen molar-refractivity contribution in [3.63, 3.8) is 0 Å². The fourth-order valence-corrected chi connectivity index (χ4v) is 2.83. The van der Waals surface area contributed by atoms with Gasteiger partial charge in [0.2, 0.25) is 0 Å². The van der Waals surface area contributed by atoms with Crippen LogP contribution in [0.2, 0.25) is 5.02 Å². The van der Waals surface area contributed by atoms with Crippen molar-refractivity contribution >= 4 is 30.1 Å². The van der Waals surface area contributed by atoms with Gasteiger partial charge < -0.3 is 10.0 Å². The molecular formula is C14H18ClNO2S. The maximum atomic E-state index is 12.4. The van der Waals surface area contributed by atoms with Crippen molar-refractivity contribution in [2.75, 3.05) is 13.1 Å². The van der Waals surface area contributed by atoms with Gasteiger partial charge in [-0.05, 0) is 43.9 Å². The number of aliphatic hydroxyl groups excluding tert-OH is 1. The molecule has 5 heteroatoms. The van der Waals surface area contributed by atoms with Crippen LogP contribution in [0.15, 0.2) is 23.1 Å². The van der Waals surface area contributed by atoms with Gasteiger partial charge in [-0.2, -0.15) is 0 Å². The number of likely N-dealkylation sites (tertiary alicyclic amines) is 1. The van der Waals surface area contributed by atoms with Crippen molar-refractivity contribution < 1.29 is 9.90 Å². The van der Waals surface area contributed by atoms with E-state index in [9.17, 15) is 9.90 Å². The van der Waals surface area contributed by atoms with E-state index in [1.54, 1.807) is 23.1 Å². The molecule has 1 atom stereocenters. The van der Waals surface area contributed by atoms with E-state index >= 15 is 0 Å². The normalized spacial score (nSPS) is 18.4. The topological polar surface area (TPSA) is 40.5 Å². The Morgan fingerprint density at radius 2 is 2.11 bits per heavy atom. The molecule has 1 fully saturated rings. The fourth-order valence-electron chi connectivity index (χ4n) is 2.43. The van der Waals surface area contributed by atoms with Crippen molar-refractivity contribution in [1.82, 2.24) is 4.90 Å². The van der Waals surface area contributed by atoms with Gasteiger partial charge in [-0.1, -0.05) is 11.6 Å². The lowest BCUT2D eigenvalue weighted by atomic mass is 9.92. The number of amides is 1. The molecule has 0 saturated carbocycles. The second kappa shape index (κ2) is 6.16. The molecule has 1 amide bonds. The van der Waals surface area contributed by atoms with E-state index in [4.69, 9.17) is 11.6 Å². The van der Waals surface area contributed by atoms with Crippen molar-refractivity contribution in [3.05, 3.63) is 28.8 Å². The lowest BCUT2D eigenvalue weighted by Crippen LogP contribution is -2.40. The average Bonchev–Trinajstić information content (AvgIpc) is 2.41. The van der Waals surface area contributed by atoms with Crippen molar-refractivity contribution in [1.29, 1.82) is 0 Å². The van der Waals surface area contributed by atoms with Crippen LogP contribution < -0.4 is 0 Å². The molecule has 1 aliphatic rings. The minimum Gasteiger partial charge on any atom is -0.393 e. The largest absolute Gasteiger partial charge is 0.393 e. The number of carbonyl (C=O) groups excluding carboxylic acids is 1. The summed E-state index contributed by atoms with van der Waals surface area (Å²) in [5.41, 5.74) is 0.504. The third-order valence-corrected chi connectivity index (χ3v) is 4.30. The maximum Gasteiger partial charge on any atom is 0.255 e. The standard InChI is InChI=1S/C14H18ClNO2S/c1-9(17)10-4-6-16(7-5-10)14(18)12-8-11(19)2-3-13(12)15/h2-3,8-10,17,19H,4-7H2,1H3. The highest BCUT2D eigenvalue weighted by atomic mass is 35.5. The first-order valence-electron chi connectivity index (χ1n) is 6.45. The molecule has 104 valence electrons. The second-order valence-electron chi connectivity index (χ2n) is 5.03. The molecule has 0 radical (unpaired) electrons. The predicted molar refractivity (Wildman–Crippen MR) is 79.0 cm³/mol. The van der Waals surface area contributed by atoms with E-state index < -0.39 is 0 Å². The van der Waals surface area contributed by atoms with Crippen LogP contribution in [0.1, 0.15) is 30.1 Å². The van der Waals surface area contributed by atoms with Crippen molar-refractivity contribution in [2.45, 2.75) is 30.8 Å². The number of rotatable bonds is 2. The summed E-state index contributed by atoms with van der Waals surface area (Å²) in [7, 11) is 0. The summed E-state index contributed by atoms with van der Waals surface area (Å²) >= 11 is 10.3. The third kappa shape index (κ3) is 3.44. The Hall–Kier alpha value is -0.710. The summed E-state index contributed by atoms with van der Waals surface area (Å²) in [6, 6.07) is 5.16. The number of halogens is 1. The van der Waals surface area contributed by atoms with Crippen LogP contribution in [-0.2, 0) is 0 Å². The predicted octanol–water partition coefficient (Wildman–Crippen LogP) is 2.86. The van der Waals surface area contributed by atoms with Gasteiger partial charge in [0, 0.05) is 18.0 Å². The Morgan fingerprint density at radius 3 is 2.68 bits per heavy atom. The molecule has 0 spiro atoms. The van der Waals surface area contributed by atoms with Gasteiger partial charge in [0.05, 0.1) is 16.7 Å². The van der Waals surface area contributed by atoms with Gasteiger partial charge in [0.25, 0.3) is 5.91 Å². The van der Waals surface area contributed by atoms with Gasteiger partial charge in [0.1, 0.15) is 0 Å². The molecular weight excluding hydrogens is 282 g/mol. The van der Waals surface area contributed by atoms with Crippen LogP contribution in [0.5, 0.6) is 0 Å². The maximum absolute atomic E-state index is 12.4. The van der Waals surface area contributed by atoms with Gasteiger partial charge in [-0.25, -0.2) is 0 Å². The Morgan fingerprint density at radius 1 is 1.47 bits per heavy atom. The van der Waals surface area contributed by atoms with Crippen LogP contribution in [0.4, 0.5) is 0 Å². The van der Waals surface area contributed by atoms with Crippen LogP contribution in [-0.4, -0.2) is 35.1 Å². The van der Waals surface area contributed by atoms with Crippen LogP contribution >= 0.6 is 24.2 Å². The average molecular weight is 300 g/mol. The minimum atomic E-state index is -0.304.